The number of piperazine rings is 1. The minimum Gasteiger partial charge on any atom is -0.497 e. The SMILES string of the molecule is COCCNC(=O)C1Cc2cc(C(F)(F)F)ccc2N2CCN(c3cccc(OC)c3)CC12. The van der Waals surface area contributed by atoms with Crippen molar-refractivity contribution in [1.82, 2.24) is 5.32 Å². The monoisotopic (exact) mass is 463 g/mol. The number of amides is 1. The van der Waals surface area contributed by atoms with Gasteiger partial charge in [-0.3, -0.25) is 4.79 Å². The summed E-state index contributed by atoms with van der Waals surface area (Å²) in [7, 11) is 3.17. The molecule has 1 saturated heterocycles. The summed E-state index contributed by atoms with van der Waals surface area (Å²) in [5.41, 5.74) is 1.64. The van der Waals surface area contributed by atoms with Gasteiger partial charge >= 0.3 is 6.18 Å². The molecule has 1 N–H and O–H groups in total. The Kier molecular flexibility index (Phi) is 6.69. The van der Waals surface area contributed by atoms with E-state index in [9.17, 15) is 18.0 Å². The summed E-state index contributed by atoms with van der Waals surface area (Å²) in [4.78, 5) is 17.4. The molecule has 2 heterocycles. The average Bonchev–Trinajstić information content (AvgIpc) is 2.82. The first-order chi connectivity index (χ1) is 15.8. The molecule has 0 saturated carbocycles. The molecule has 2 aliphatic heterocycles. The Hall–Kier alpha value is -2.94. The quantitative estimate of drug-likeness (QED) is 0.666. The number of methoxy groups -OCH3 is 2. The summed E-state index contributed by atoms with van der Waals surface area (Å²) in [5, 5.41) is 2.88. The van der Waals surface area contributed by atoms with Crippen molar-refractivity contribution in [2.45, 2.75) is 18.6 Å². The van der Waals surface area contributed by atoms with Crippen molar-refractivity contribution >= 4 is 17.3 Å². The number of fused-ring (bicyclic) bond motifs is 3. The summed E-state index contributed by atoms with van der Waals surface area (Å²) < 4.78 is 50.4. The van der Waals surface area contributed by atoms with Crippen LogP contribution in [0.2, 0.25) is 0 Å². The molecule has 0 aliphatic carbocycles. The predicted molar refractivity (Wildman–Crippen MR) is 120 cm³/mol. The number of rotatable bonds is 6. The first kappa shape index (κ1) is 23.2. The molecule has 33 heavy (non-hydrogen) atoms. The lowest BCUT2D eigenvalue weighted by Crippen LogP contribution is -2.61. The summed E-state index contributed by atoms with van der Waals surface area (Å²) in [5.74, 6) is 0.0984. The standard InChI is InChI=1S/C24H28F3N3O3/c1-32-11-8-28-23(31)20-13-16-12-17(24(25,26)27)6-7-21(16)30-10-9-29(15-22(20)30)18-4-3-5-19(14-18)33-2/h3-7,12,14,20,22H,8-11,13,15H2,1-2H3,(H,28,31). The Bertz CT molecular complexity index is 998. The number of benzene rings is 2. The van der Waals surface area contributed by atoms with Crippen molar-refractivity contribution in [2.75, 3.05) is 56.8 Å². The van der Waals surface area contributed by atoms with Crippen LogP contribution in [0.3, 0.4) is 0 Å². The van der Waals surface area contributed by atoms with Gasteiger partial charge < -0.3 is 24.6 Å². The molecular formula is C24H28F3N3O3. The van der Waals surface area contributed by atoms with Gasteiger partial charge in [-0.1, -0.05) is 6.07 Å². The number of hydrogen-bond acceptors (Lipinski definition) is 5. The van der Waals surface area contributed by atoms with E-state index >= 15 is 0 Å². The van der Waals surface area contributed by atoms with Gasteiger partial charge in [-0.05, 0) is 42.3 Å². The van der Waals surface area contributed by atoms with Crippen molar-refractivity contribution in [3.05, 3.63) is 53.6 Å². The lowest BCUT2D eigenvalue weighted by atomic mass is 9.82. The van der Waals surface area contributed by atoms with E-state index in [0.29, 0.717) is 38.3 Å². The van der Waals surface area contributed by atoms with Crippen LogP contribution in [-0.2, 0) is 22.1 Å². The minimum atomic E-state index is -4.42. The van der Waals surface area contributed by atoms with Crippen molar-refractivity contribution in [3.63, 3.8) is 0 Å². The molecule has 1 fully saturated rings. The van der Waals surface area contributed by atoms with Gasteiger partial charge in [-0.25, -0.2) is 0 Å². The molecule has 6 nitrogen and oxygen atoms in total. The van der Waals surface area contributed by atoms with E-state index in [-0.39, 0.29) is 18.4 Å². The third-order valence-corrected chi connectivity index (χ3v) is 6.40. The van der Waals surface area contributed by atoms with Gasteiger partial charge in [-0.2, -0.15) is 13.2 Å². The molecule has 1 amide bonds. The number of carbonyl (C=O) groups is 1. The smallest absolute Gasteiger partial charge is 0.416 e. The zero-order valence-corrected chi connectivity index (χ0v) is 18.7. The van der Waals surface area contributed by atoms with E-state index in [1.165, 1.54) is 6.07 Å². The van der Waals surface area contributed by atoms with Crippen LogP contribution in [-0.4, -0.2) is 59.0 Å². The maximum Gasteiger partial charge on any atom is 0.416 e. The second kappa shape index (κ2) is 9.51. The first-order valence-electron chi connectivity index (χ1n) is 10.9. The van der Waals surface area contributed by atoms with Crippen LogP contribution in [0.5, 0.6) is 5.75 Å². The number of anilines is 2. The molecule has 2 unspecified atom stereocenters. The van der Waals surface area contributed by atoms with E-state index in [1.807, 2.05) is 24.3 Å². The summed E-state index contributed by atoms with van der Waals surface area (Å²) in [6.45, 7) is 2.59. The summed E-state index contributed by atoms with van der Waals surface area (Å²) in [6, 6.07) is 11.4. The molecule has 0 bridgehead atoms. The number of halogens is 3. The molecule has 0 spiro atoms. The predicted octanol–water partition coefficient (Wildman–Crippen LogP) is 3.34. The van der Waals surface area contributed by atoms with Gasteiger partial charge in [0.1, 0.15) is 5.75 Å². The third kappa shape index (κ3) is 4.88. The van der Waals surface area contributed by atoms with Gasteiger partial charge in [-0.15, -0.1) is 0 Å². The number of alkyl halides is 3. The Morgan fingerprint density at radius 3 is 2.70 bits per heavy atom. The fourth-order valence-electron chi connectivity index (χ4n) is 4.75. The zero-order chi connectivity index (χ0) is 23.6. The second-order valence-corrected chi connectivity index (χ2v) is 8.34. The van der Waals surface area contributed by atoms with Gasteiger partial charge in [0.15, 0.2) is 0 Å². The number of hydrogen-bond donors (Lipinski definition) is 1. The maximum atomic E-state index is 13.3. The van der Waals surface area contributed by atoms with E-state index in [1.54, 1.807) is 20.3 Å². The topological polar surface area (TPSA) is 54.0 Å². The molecule has 2 aromatic rings. The number of nitrogens with zero attached hydrogens (tertiary/aromatic N) is 2. The molecule has 0 aromatic heterocycles. The molecule has 9 heteroatoms. The second-order valence-electron chi connectivity index (χ2n) is 8.34. The third-order valence-electron chi connectivity index (χ3n) is 6.40. The summed E-state index contributed by atoms with van der Waals surface area (Å²) in [6.07, 6.45) is -4.17. The Morgan fingerprint density at radius 1 is 1.15 bits per heavy atom. The molecule has 2 aliphatic rings. The first-order valence-corrected chi connectivity index (χ1v) is 10.9. The number of nitrogens with one attached hydrogen (secondary N) is 1. The van der Waals surface area contributed by atoms with E-state index in [4.69, 9.17) is 9.47 Å². The lowest BCUT2D eigenvalue weighted by molar-refractivity contribution is -0.137. The highest BCUT2D eigenvalue weighted by Crippen LogP contribution is 2.40. The molecular weight excluding hydrogens is 435 g/mol. The van der Waals surface area contributed by atoms with Crippen LogP contribution in [0.1, 0.15) is 11.1 Å². The van der Waals surface area contributed by atoms with Gasteiger partial charge in [0.2, 0.25) is 5.91 Å². The van der Waals surface area contributed by atoms with E-state index in [2.05, 4.69) is 15.1 Å². The normalized spacial score (nSPS) is 20.2. The van der Waals surface area contributed by atoms with Crippen LogP contribution >= 0.6 is 0 Å². The van der Waals surface area contributed by atoms with Crippen LogP contribution < -0.4 is 19.9 Å². The van der Waals surface area contributed by atoms with Crippen LogP contribution in [0.4, 0.5) is 24.5 Å². The van der Waals surface area contributed by atoms with Crippen molar-refractivity contribution in [1.29, 1.82) is 0 Å². The minimum absolute atomic E-state index is 0.169. The molecule has 2 atom stereocenters. The highest BCUT2D eigenvalue weighted by molar-refractivity contribution is 5.82. The van der Waals surface area contributed by atoms with Gasteiger partial charge in [0.05, 0.1) is 31.2 Å². The highest BCUT2D eigenvalue weighted by atomic mass is 19.4. The molecule has 178 valence electrons. The fourth-order valence-corrected chi connectivity index (χ4v) is 4.75. The Labute approximate surface area is 191 Å². The largest absolute Gasteiger partial charge is 0.497 e. The number of ether oxygens (including phenoxy) is 2. The molecule has 4 rings (SSSR count). The zero-order valence-electron chi connectivity index (χ0n) is 18.7. The van der Waals surface area contributed by atoms with Crippen molar-refractivity contribution in [3.8, 4) is 5.75 Å². The van der Waals surface area contributed by atoms with Gasteiger partial charge in [0, 0.05) is 50.7 Å². The maximum absolute atomic E-state index is 13.3. The Morgan fingerprint density at radius 2 is 1.97 bits per heavy atom. The van der Waals surface area contributed by atoms with E-state index < -0.39 is 17.7 Å². The van der Waals surface area contributed by atoms with Gasteiger partial charge in [0.25, 0.3) is 0 Å². The van der Waals surface area contributed by atoms with Crippen LogP contribution in [0.25, 0.3) is 0 Å². The molecule has 0 radical (unpaired) electrons. The van der Waals surface area contributed by atoms with Crippen molar-refractivity contribution < 1.29 is 27.4 Å². The Balaban J connectivity index is 1.65. The van der Waals surface area contributed by atoms with E-state index in [0.717, 1.165) is 23.2 Å². The lowest BCUT2D eigenvalue weighted by Gasteiger charge is -2.49. The van der Waals surface area contributed by atoms with Crippen molar-refractivity contribution in [2.24, 2.45) is 5.92 Å². The number of carbonyl (C=O) groups excluding carboxylic acids is 1. The van der Waals surface area contributed by atoms with Crippen LogP contribution in [0.15, 0.2) is 42.5 Å². The highest BCUT2D eigenvalue weighted by Gasteiger charge is 2.42. The van der Waals surface area contributed by atoms with Crippen LogP contribution in [0, 0.1) is 5.92 Å². The average molecular weight is 464 g/mol. The molecule has 2 aromatic carbocycles. The fraction of sp³-hybridized carbons (Fsp3) is 0.458. The summed E-state index contributed by atoms with van der Waals surface area (Å²) >= 11 is 0.